The summed E-state index contributed by atoms with van der Waals surface area (Å²) in [5.41, 5.74) is 2.32. The first kappa shape index (κ1) is 23.1. The van der Waals surface area contributed by atoms with Crippen molar-refractivity contribution in [3.63, 3.8) is 0 Å². The number of hydrogen-bond acceptors (Lipinski definition) is 4. The highest BCUT2D eigenvalue weighted by atomic mass is 35.5. The summed E-state index contributed by atoms with van der Waals surface area (Å²) in [5.74, 6) is -0.452. The Labute approximate surface area is 197 Å². The molecule has 2 saturated heterocycles. The zero-order chi connectivity index (χ0) is 23.4. The third-order valence-electron chi connectivity index (χ3n) is 6.43. The summed E-state index contributed by atoms with van der Waals surface area (Å²) in [6.07, 6.45) is 1.54. The Bertz CT molecular complexity index is 1050. The van der Waals surface area contributed by atoms with E-state index in [1.54, 1.807) is 11.0 Å². The van der Waals surface area contributed by atoms with Crippen LogP contribution in [-0.2, 0) is 11.2 Å². The molecule has 0 radical (unpaired) electrons. The number of likely N-dealkylation sites (tertiary alicyclic amines) is 1. The average molecular weight is 469 g/mol. The van der Waals surface area contributed by atoms with Gasteiger partial charge in [0.2, 0.25) is 5.91 Å². The number of amides is 2. The molecule has 6 nitrogen and oxygen atoms in total. The first-order chi connectivity index (χ1) is 16.0. The summed E-state index contributed by atoms with van der Waals surface area (Å²) in [6, 6.07) is 14.6. The molecule has 0 spiro atoms. The SMILES string of the molecule is N#CCC(=O)NCCCc1cccc(N2CC3CN(C(=O)c4c(F)cccc4Cl)CC3C2)c1. The smallest absolute Gasteiger partial charge is 0.258 e. The maximum Gasteiger partial charge on any atom is 0.258 e. The lowest BCUT2D eigenvalue weighted by Crippen LogP contribution is -2.34. The van der Waals surface area contributed by atoms with E-state index in [2.05, 4.69) is 28.4 Å². The highest BCUT2D eigenvalue weighted by molar-refractivity contribution is 6.33. The van der Waals surface area contributed by atoms with Gasteiger partial charge in [0.05, 0.1) is 16.7 Å². The van der Waals surface area contributed by atoms with Crippen LogP contribution in [0.4, 0.5) is 10.1 Å². The van der Waals surface area contributed by atoms with E-state index in [1.807, 2.05) is 12.1 Å². The summed E-state index contributed by atoms with van der Waals surface area (Å²) in [7, 11) is 0. The fourth-order valence-electron chi connectivity index (χ4n) is 4.79. The number of nitrogens with one attached hydrogen (secondary N) is 1. The second-order valence-electron chi connectivity index (χ2n) is 8.69. The third-order valence-corrected chi connectivity index (χ3v) is 6.74. The second kappa shape index (κ2) is 10.2. The lowest BCUT2D eigenvalue weighted by Gasteiger charge is -2.24. The van der Waals surface area contributed by atoms with E-state index in [4.69, 9.17) is 16.9 Å². The Balaban J connectivity index is 1.31. The monoisotopic (exact) mass is 468 g/mol. The van der Waals surface area contributed by atoms with Crippen LogP contribution in [0.15, 0.2) is 42.5 Å². The number of aryl methyl sites for hydroxylation is 1. The topological polar surface area (TPSA) is 76.4 Å². The normalized spacial score (nSPS) is 19.3. The van der Waals surface area contributed by atoms with Gasteiger partial charge in [0.25, 0.3) is 5.91 Å². The number of carbonyl (C=O) groups excluding carboxylic acids is 2. The molecule has 8 heteroatoms. The van der Waals surface area contributed by atoms with Crippen molar-refractivity contribution in [3.05, 3.63) is 64.4 Å². The number of nitriles is 1. The highest BCUT2D eigenvalue weighted by Crippen LogP contribution is 2.35. The van der Waals surface area contributed by atoms with E-state index >= 15 is 0 Å². The van der Waals surface area contributed by atoms with Gasteiger partial charge in [-0.1, -0.05) is 29.8 Å². The fraction of sp³-hybridized carbons (Fsp3) is 0.400. The Kier molecular flexibility index (Phi) is 7.14. The number of carbonyl (C=O) groups is 2. The van der Waals surface area contributed by atoms with E-state index in [9.17, 15) is 14.0 Å². The Hall–Kier alpha value is -3.11. The lowest BCUT2D eigenvalue weighted by molar-refractivity contribution is -0.120. The van der Waals surface area contributed by atoms with Crippen LogP contribution < -0.4 is 10.2 Å². The molecule has 2 fully saturated rings. The van der Waals surface area contributed by atoms with Gasteiger partial charge < -0.3 is 15.1 Å². The molecule has 33 heavy (non-hydrogen) atoms. The molecule has 0 aliphatic carbocycles. The van der Waals surface area contributed by atoms with Gasteiger partial charge in [-0.3, -0.25) is 9.59 Å². The molecular formula is C25H26ClFN4O2. The molecule has 0 aromatic heterocycles. The van der Waals surface area contributed by atoms with Crippen LogP contribution in [0, 0.1) is 29.0 Å². The van der Waals surface area contributed by atoms with E-state index in [-0.39, 0.29) is 28.8 Å². The number of halogens is 2. The first-order valence-corrected chi connectivity index (χ1v) is 11.5. The zero-order valence-corrected chi connectivity index (χ0v) is 19.0. The van der Waals surface area contributed by atoms with Crippen molar-refractivity contribution >= 4 is 29.1 Å². The molecular weight excluding hydrogens is 443 g/mol. The summed E-state index contributed by atoms with van der Waals surface area (Å²) in [5, 5.41) is 11.4. The quantitative estimate of drug-likeness (QED) is 0.629. The molecule has 2 amide bonds. The maximum atomic E-state index is 14.2. The number of fused-ring (bicyclic) bond motifs is 1. The molecule has 2 aromatic rings. The predicted molar refractivity (Wildman–Crippen MR) is 125 cm³/mol. The van der Waals surface area contributed by atoms with Crippen molar-refractivity contribution < 1.29 is 14.0 Å². The number of nitrogens with zero attached hydrogens (tertiary/aromatic N) is 3. The van der Waals surface area contributed by atoms with Crippen molar-refractivity contribution in [2.45, 2.75) is 19.3 Å². The van der Waals surface area contributed by atoms with Crippen LogP contribution in [0.3, 0.4) is 0 Å². The largest absolute Gasteiger partial charge is 0.371 e. The van der Waals surface area contributed by atoms with Gasteiger partial charge in [0, 0.05) is 50.2 Å². The van der Waals surface area contributed by atoms with Crippen LogP contribution >= 0.6 is 11.6 Å². The molecule has 2 atom stereocenters. The zero-order valence-electron chi connectivity index (χ0n) is 18.3. The van der Waals surface area contributed by atoms with Gasteiger partial charge in [0.15, 0.2) is 0 Å². The minimum absolute atomic E-state index is 0.0347. The molecule has 0 saturated carbocycles. The maximum absolute atomic E-state index is 14.2. The summed E-state index contributed by atoms with van der Waals surface area (Å²) >= 11 is 6.09. The van der Waals surface area contributed by atoms with Gasteiger partial charge in [-0.05, 0) is 42.7 Å². The first-order valence-electron chi connectivity index (χ1n) is 11.2. The molecule has 2 aliphatic rings. The van der Waals surface area contributed by atoms with E-state index in [0.717, 1.165) is 31.6 Å². The average Bonchev–Trinajstić information content (AvgIpc) is 3.37. The molecule has 1 N–H and O–H groups in total. The molecule has 4 rings (SSSR count). The van der Waals surface area contributed by atoms with Gasteiger partial charge in [-0.2, -0.15) is 5.26 Å². The Morgan fingerprint density at radius 1 is 1.12 bits per heavy atom. The fourth-order valence-corrected chi connectivity index (χ4v) is 5.04. The highest BCUT2D eigenvalue weighted by Gasteiger charge is 2.42. The molecule has 2 unspecified atom stereocenters. The number of benzene rings is 2. The van der Waals surface area contributed by atoms with Crippen LogP contribution in [0.25, 0.3) is 0 Å². The minimum Gasteiger partial charge on any atom is -0.371 e. The van der Waals surface area contributed by atoms with Crippen LogP contribution in [0.1, 0.15) is 28.8 Å². The molecule has 2 aromatic carbocycles. The van der Waals surface area contributed by atoms with Gasteiger partial charge in [-0.15, -0.1) is 0 Å². The van der Waals surface area contributed by atoms with E-state index in [1.165, 1.54) is 17.7 Å². The molecule has 172 valence electrons. The second-order valence-corrected chi connectivity index (χ2v) is 9.10. The predicted octanol–water partition coefficient (Wildman–Crippen LogP) is 3.65. The lowest BCUT2D eigenvalue weighted by atomic mass is 10.0. The summed E-state index contributed by atoms with van der Waals surface area (Å²) < 4.78 is 14.2. The van der Waals surface area contributed by atoms with Crippen LogP contribution in [0.2, 0.25) is 5.02 Å². The minimum atomic E-state index is -0.576. The number of anilines is 1. The van der Waals surface area contributed by atoms with Crippen molar-refractivity contribution in [2.75, 3.05) is 37.6 Å². The van der Waals surface area contributed by atoms with Crippen molar-refractivity contribution in [3.8, 4) is 6.07 Å². The standard InChI is InChI=1S/C25H26ClFN4O2/c26-21-7-2-8-22(27)24(21)25(33)31-15-18-13-30(14-19(18)16-31)20-6-1-4-17(12-20)5-3-11-29-23(32)9-10-28/h1-2,4,6-8,12,18-19H,3,5,9,11,13-16H2,(H,29,32). The Morgan fingerprint density at radius 3 is 2.55 bits per heavy atom. The summed E-state index contributed by atoms with van der Waals surface area (Å²) in [4.78, 5) is 28.3. The van der Waals surface area contributed by atoms with Gasteiger partial charge in [-0.25, -0.2) is 4.39 Å². The van der Waals surface area contributed by atoms with Gasteiger partial charge >= 0.3 is 0 Å². The number of hydrogen-bond donors (Lipinski definition) is 1. The molecule has 2 heterocycles. The molecule has 0 bridgehead atoms. The van der Waals surface area contributed by atoms with Crippen molar-refractivity contribution in [1.29, 1.82) is 5.26 Å². The van der Waals surface area contributed by atoms with Crippen LogP contribution in [-0.4, -0.2) is 49.4 Å². The Morgan fingerprint density at radius 2 is 1.85 bits per heavy atom. The van der Waals surface area contributed by atoms with E-state index in [0.29, 0.717) is 31.5 Å². The van der Waals surface area contributed by atoms with Crippen LogP contribution in [0.5, 0.6) is 0 Å². The van der Waals surface area contributed by atoms with Crippen molar-refractivity contribution in [2.24, 2.45) is 11.8 Å². The van der Waals surface area contributed by atoms with Crippen molar-refractivity contribution in [1.82, 2.24) is 10.2 Å². The van der Waals surface area contributed by atoms with E-state index < -0.39 is 5.82 Å². The third kappa shape index (κ3) is 5.28. The summed E-state index contributed by atoms with van der Waals surface area (Å²) in [6.45, 7) is 3.47. The number of rotatable bonds is 7. The van der Waals surface area contributed by atoms with Gasteiger partial charge in [0.1, 0.15) is 12.2 Å². The molecule has 2 aliphatic heterocycles.